The minimum Gasteiger partial charge on any atom is -0.444 e. The third kappa shape index (κ3) is 9.75. The Labute approximate surface area is 261 Å². The van der Waals surface area contributed by atoms with Crippen LogP contribution in [0.1, 0.15) is 76.1 Å². The summed E-state index contributed by atoms with van der Waals surface area (Å²) in [6.45, 7) is 11.8. The summed E-state index contributed by atoms with van der Waals surface area (Å²) in [6, 6.07) is 17.9. The predicted octanol–water partition coefficient (Wildman–Crippen LogP) is 7.80. The minimum atomic E-state index is -0.895. The number of anilines is 1. The van der Waals surface area contributed by atoms with Crippen molar-refractivity contribution in [2.24, 2.45) is 0 Å². The summed E-state index contributed by atoms with van der Waals surface area (Å²) in [6.07, 6.45) is 4.33. The maximum absolute atomic E-state index is 14.5. The quantitative estimate of drug-likeness (QED) is 0.194. The number of fused-ring (bicyclic) bond motifs is 1. The van der Waals surface area contributed by atoms with Gasteiger partial charge in [-0.15, -0.1) is 0 Å². The van der Waals surface area contributed by atoms with E-state index in [1.165, 1.54) is 0 Å². The molecule has 3 aromatic rings. The monoisotopic (exact) mass is 605 g/mol. The summed E-state index contributed by atoms with van der Waals surface area (Å²) in [7, 11) is 0. The normalized spacial score (nSPS) is 12.8. The number of hydrogen-bond acceptors (Lipinski definition) is 5. The molecular formula is C35H47N3O4S. The van der Waals surface area contributed by atoms with Crippen LogP contribution in [0.3, 0.4) is 0 Å². The Hall–Kier alpha value is -3.52. The van der Waals surface area contributed by atoms with Gasteiger partial charge in [0.15, 0.2) is 0 Å². The summed E-state index contributed by atoms with van der Waals surface area (Å²) in [5.41, 5.74) is 2.71. The third-order valence-corrected chi connectivity index (χ3v) is 8.05. The number of thioether (sulfide) groups is 1. The lowest BCUT2D eigenvalue weighted by Gasteiger charge is -2.35. The van der Waals surface area contributed by atoms with E-state index in [1.54, 1.807) is 37.4 Å². The first kappa shape index (κ1) is 34.0. The highest BCUT2D eigenvalue weighted by atomic mass is 32.2. The van der Waals surface area contributed by atoms with Crippen molar-refractivity contribution in [3.63, 3.8) is 0 Å². The van der Waals surface area contributed by atoms with Gasteiger partial charge in [0, 0.05) is 12.2 Å². The van der Waals surface area contributed by atoms with Crippen molar-refractivity contribution in [2.75, 3.05) is 23.9 Å². The van der Waals surface area contributed by atoms with Gasteiger partial charge in [-0.05, 0) is 99.1 Å². The zero-order chi connectivity index (χ0) is 31.6. The van der Waals surface area contributed by atoms with Crippen LogP contribution in [-0.2, 0) is 14.3 Å². The average Bonchev–Trinajstić information content (AvgIpc) is 2.95. The number of nitrogens with zero attached hydrogens (tertiary/aromatic N) is 1. The smallest absolute Gasteiger partial charge is 0.408 e. The van der Waals surface area contributed by atoms with Crippen molar-refractivity contribution in [2.45, 2.75) is 84.9 Å². The van der Waals surface area contributed by atoms with Gasteiger partial charge in [0.2, 0.25) is 5.91 Å². The number of benzene rings is 3. The van der Waals surface area contributed by atoms with Crippen LogP contribution in [0.25, 0.3) is 10.8 Å². The molecular weight excluding hydrogens is 558 g/mol. The summed E-state index contributed by atoms with van der Waals surface area (Å²) in [5.74, 6) is 0.0668. The van der Waals surface area contributed by atoms with Crippen LogP contribution in [0.5, 0.6) is 0 Å². The second kappa shape index (κ2) is 15.8. The average molecular weight is 606 g/mol. The van der Waals surface area contributed by atoms with E-state index < -0.39 is 23.8 Å². The van der Waals surface area contributed by atoms with Gasteiger partial charge in [0.25, 0.3) is 5.91 Å². The Morgan fingerprint density at radius 2 is 1.67 bits per heavy atom. The van der Waals surface area contributed by atoms with Crippen LogP contribution in [0.4, 0.5) is 10.5 Å². The summed E-state index contributed by atoms with van der Waals surface area (Å²) in [4.78, 5) is 43.3. The number of hydrogen-bond donors (Lipinski definition) is 2. The number of unbranched alkanes of at least 4 members (excludes halogenated alkanes) is 2. The zero-order valence-electron chi connectivity index (χ0n) is 26.7. The molecule has 0 saturated carbocycles. The predicted molar refractivity (Wildman–Crippen MR) is 179 cm³/mol. The molecule has 3 rings (SSSR count). The fraction of sp³-hybridized carbons (Fsp3) is 0.457. The molecule has 0 saturated heterocycles. The van der Waals surface area contributed by atoms with Gasteiger partial charge in [-0.1, -0.05) is 68.3 Å². The van der Waals surface area contributed by atoms with Gasteiger partial charge >= 0.3 is 6.09 Å². The third-order valence-electron chi connectivity index (χ3n) is 7.40. The maximum atomic E-state index is 14.5. The molecule has 0 aliphatic carbocycles. The first-order valence-electron chi connectivity index (χ1n) is 15.1. The number of amides is 3. The fourth-order valence-electron chi connectivity index (χ4n) is 5.04. The molecule has 3 amide bonds. The van der Waals surface area contributed by atoms with Crippen LogP contribution < -0.4 is 10.6 Å². The summed E-state index contributed by atoms with van der Waals surface area (Å²) in [5, 5.41) is 8.02. The Morgan fingerprint density at radius 1 is 0.953 bits per heavy atom. The van der Waals surface area contributed by atoms with E-state index in [9.17, 15) is 14.4 Å². The van der Waals surface area contributed by atoms with E-state index in [4.69, 9.17) is 4.74 Å². The number of nitrogens with one attached hydrogen (secondary N) is 2. The van der Waals surface area contributed by atoms with Crippen LogP contribution >= 0.6 is 11.8 Å². The van der Waals surface area contributed by atoms with Gasteiger partial charge in [-0.3, -0.25) is 9.59 Å². The van der Waals surface area contributed by atoms with Crippen LogP contribution in [-0.4, -0.2) is 53.0 Å². The molecule has 0 aromatic heterocycles. The van der Waals surface area contributed by atoms with E-state index in [0.717, 1.165) is 46.7 Å². The molecule has 0 fully saturated rings. The highest BCUT2D eigenvalue weighted by molar-refractivity contribution is 7.98. The Kier molecular flexibility index (Phi) is 12.5. The van der Waals surface area contributed by atoms with Crippen molar-refractivity contribution >= 4 is 46.1 Å². The van der Waals surface area contributed by atoms with E-state index in [-0.39, 0.29) is 11.8 Å². The lowest BCUT2D eigenvalue weighted by molar-refractivity contribution is -0.141. The van der Waals surface area contributed by atoms with Gasteiger partial charge in [-0.25, -0.2) is 4.79 Å². The Balaban J connectivity index is 2.06. The number of ether oxygens (including phenoxy) is 1. The van der Waals surface area contributed by atoms with Crippen molar-refractivity contribution in [3.05, 3.63) is 77.4 Å². The molecule has 2 atom stereocenters. The fourth-order valence-corrected chi connectivity index (χ4v) is 5.51. The first-order valence-corrected chi connectivity index (χ1v) is 16.5. The Bertz CT molecular complexity index is 1400. The molecule has 2 N–H and O–H groups in total. The molecule has 8 heteroatoms. The lowest BCUT2D eigenvalue weighted by Crippen LogP contribution is -2.53. The second-order valence-electron chi connectivity index (χ2n) is 12.0. The Morgan fingerprint density at radius 3 is 2.35 bits per heavy atom. The van der Waals surface area contributed by atoms with Gasteiger partial charge in [0.05, 0.1) is 0 Å². The highest BCUT2D eigenvalue weighted by Crippen LogP contribution is 2.30. The second-order valence-corrected chi connectivity index (χ2v) is 12.9. The lowest BCUT2D eigenvalue weighted by atomic mass is 9.94. The molecule has 0 aliphatic rings. The molecule has 7 nitrogen and oxygen atoms in total. The van der Waals surface area contributed by atoms with Crippen molar-refractivity contribution in [1.82, 2.24) is 10.2 Å². The topological polar surface area (TPSA) is 87.7 Å². The van der Waals surface area contributed by atoms with Crippen molar-refractivity contribution < 1.29 is 19.1 Å². The molecule has 0 heterocycles. The van der Waals surface area contributed by atoms with Gasteiger partial charge in [0.1, 0.15) is 17.7 Å². The molecule has 43 heavy (non-hydrogen) atoms. The largest absolute Gasteiger partial charge is 0.444 e. The summed E-state index contributed by atoms with van der Waals surface area (Å²) >= 11 is 1.60. The van der Waals surface area contributed by atoms with Gasteiger partial charge < -0.3 is 20.3 Å². The minimum absolute atomic E-state index is 0.296. The number of rotatable bonds is 13. The molecule has 0 aliphatic heterocycles. The number of carbonyl (C=O) groups is 3. The maximum Gasteiger partial charge on any atom is 0.408 e. The molecule has 2 unspecified atom stereocenters. The van der Waals surface area contributed by atoms with Crippen molar-refractivity contribution in [3.8, 4) is 0 Å². The van der Waals surface area contributed by atoms with E-state index in [2.05, 4.69) is 17.6 Å². The van der Waals surface area contributed by atoms with E-state index in [0.29, 0.717) is 24.4 Å². The standard InChI is InChI=1S/C35H47N3O4S/c1-8-9-12-21-38(33(40)30(20-22-43-7)37-34(41)42-35(4,5)6)31(29-17-13-14-24(2)25(29)3)32(39)36-28-19-18-26-15-10-11-16-27(26)23-28/h10-11,13-19,23,30-31H,8-9,12,20-22H2,1-7H3,(H,36,39)(H,37,41). The van der Waals surface area contributed by atoms with E-state index >= 15 is 0 Å². The summed E-state index contributed by atoms with van der Waals surface area (Å²) < 4.78 is 5.51. The molecule has 0 bridgehead atoms. The molecule has 3 aromatic carbocycles. The number of carbonyl (C=O) groups excluding carboxylic acids is 3. The van der Waals surface area contributed by atoms with Crippen LogP contribution in [0.2, 0.25) is 0 Å². The number of aryl methyl sites for hydroxylation is 1. The first-order chi connectivity index (χ1) is 20.4. The number of alkyl carbamates (subject to hydrolysis) is 1. The highest BCUT2D eigenvalue weighted by Gasteiger charge is 2.37. The molecule has 232 valence electrons. The zero-order valence-corrected chi connectivity index (χ0v) is 27.5. The van der Waals surface area contributed by atoms with E-state index in [1.807, 2.05) is 80.8 Å². The van der Waals surface area contributed by atoms with Crippen LogP contribution in [0, 0.1) is 13.8 Å². The molecule has 0 radical (unpaired) electrons. The van der Waals surface area contributed by atoms with Gasteiger partial charge in [-0.2, -0.15) is 11.8 Å². The van der Waals surface area contributed by atoms with Crippen molar-refractivity contribution in [1.29, 1.82) is 0 Å². The van der Waals surface area contributed by atoms with Crippen LogP contribution in [0.15, 0.2) is 60.7 Å². The SMILES string of the molecule is CCCCCN(C(=O)C(CCSC)NC(=O)OC(C)(C)C)C(C(=O)Nc1ccc2ccccc2c1)c1cccc(C)c1C. The molecule has 0 spiro atoms.